The molecule has 4 heteroatoms. The molecule has 0 aliphatic rings. The molecule has 1 rings (SSSR count). The molecule has 1 aromatic rings. The van der Waals surface area contributed by atoms with E-state index < -0.39 is 0 Å². The van der Waals surface area contributed by atoms with Crippen molar-refractivity contribution in [1.82, 2.24) is 4.98 Å². The highest BCUT2D eigenvalue weighted by molar-refractivity contribution is 9.10. The van der Waals surface area contributed by atoms with Crippen molar-refractivity contribution in [2.45, 2.75) is 33.2 Å². The van der Waals surface area contributed by atoms with Gasteiger partial charge in [-0.1, -0.05) is 6.92 Å². The van der Waals surface area contributed by atoms with Crippen molar-refractivity contribution in [2.75, 3.05) is 11.4 Å². The molecule has 0 aromatic carbocycles. The quantitative estimate of drug-likeness (QED) is 0.834. The number of hydrogen-bond donors (Lipinski definition) is 0. The molecular formula is C11H16BrFN2. The molecule has 0 bridgehead atoms. The first kappa shape index (κ1) is 12.4. The van der Waals surface area contributed by atoms with Crippen molar-refractivity contribution in [3.05, 3.63) is 22.6 Å². The predicted molar refractivity (Wildman–Crippen MR) is 64.7 cm³/mol. The summed E-state index contributed by atoms with van der Waals surface area (Å²) in [6.07, 6.45) is 2.61. The second-order valence-electron chi connectivity index (χ2n) is 3.75. The van der Waals surface area contributed by atoms with Crippen LogP contribution in [0.3, 0.4) is 0 Å². The van der Waals surface area contributed by atoms with Gasteiger partial charge in [0.05, 0.1) is 0 Å². The summed E-state index contributed by atoms with van der Waals surface area (Å²) in [7, 11) is 0. The lowest BCUT2D eigenvalue weighted by Gasteiger charge is -2.27. The zero-order chi connectivity index (χ0) is 11.4. The van der Waals surface area contributed by atoms with Crippen molar-refractivity contribution in [3.63, 3.8) is 0 Å². The number of hydrogen-bond acceptors (Lipinski definition) is 2. The fourth-order valence-electron chi connectivity index (χ4n) is 1.47. The van der Waals surface area contributed by atoms with E-state index in [4.69, 9.17) is 0 Å². The van der Waals surface area contributed by atoms with Gasteiger partial charge in [-0.3, -0.25) is 0 Å². The summed E-state index contributed by atoms with van der Waals surface area (Å²) in [5.41, 5.74) is 0. The van der Waals surface area contributed by atoms with E-state index in [9.17, 15) is 4.39 Å². The minimum atomic E-state index is -0.272. The third-order valence-corrected chi connectivity index (χ3v) is 2.58. The van der Waals surface area contributed by atoms with Gasteiger partial charge >= 0.3 is 0 Å². The summed E-state index contributed by atoms with van der Waals surface area (Å²) in [6.45, 7) is 6.98. The molecular weight excluding hydrogens is 259 g/mol. The van der Waals surface area contributed by atoms with Crippen LogP contribution in [0.25, 0.3) is 0 Å². The fraction of sp³-hybridized carbons (Fsp3) is 0.545. The molecule has 0 aliphatic heterocycles. The Morgan fingerprint density at radius 2 is 2.20 bits per heavy atom. The number of rotatable bonds is 4. The lowest BCUT2D eigenvalue weighted by Crippen LogP contribution is -2.33. The summed E-state index contributed by atoms with van der Waals surface area (Å²) < 4.78 is 14.3. The van der Waals surface area contributed by atoms with Gasteiger partial charge in [-0.15, -0.1) is 0 Å². The minimum Gasteiger partial charge on any atom is -0.352 e. The molecule has 1 heterocycles. The Bertz CT molecular complexity index is 328. The first-order valence-electron chi connectivity index (χ1n) is 5.14. The van der Waals surface area contributed by atoms with Gasteiger partial charge in [-0.25, -0.2) is 9.37 Å². The lowest BCUT2D eigenvalue weighted by molar-refractivity contribution is 0.586. The van der Waals surface area contributed by atoms with Crippen LogP contribution < -0.4 is 4.90 Å². The first-order chi connectivity index (χ1) is 7.06. The smallest absolute Gasteiger partial charge is 0.166 e. The Morgan fingerprint density at radius 3 is 2.67 bits per heavy atom. The van der Waals surface area contributed by atoms with Gasteiger partial charge in [-0.2, -0.15) is 0 Å². The van der Waals surface area contributed by atoms with Gasteiger partial charge in [0, 0.05) is 23.3 Å². The van der Waals surface area contributed by atoms with E-state index >= 15 is 0 Å². The Morgan fingerprint density at radius 1 is 1.53 bits per heavy atom. The normalized spacial score (nSPS) is 10.8. The average molecular weight is 275 g/mol. The third kappa shape index (κ3) is 3.16. The van der Waals surface area contributed by atoms with Crippen LogP contribution in [-0.4, -0.2) is 17.6 Å². The fourth-order valence-corrected chi connectivity index (χ4v) is 1.77. The summed E-state index contributed by atoms with van der Waals surface area (Å²) in [4.78, 5) is 6.10. The minimum absolute atomic E-state index is 0.258. The van der Waals surface area contributed by atoms with Crippen molar-refractivity contribution >= 4 is 21.7 Å². The van der Waals surface area contributed by atoms with Crippen LogP contribution in [-0.2, 0) is 0 Å². The van der Waals surface area contributed by atoms with E-state index in [0.29, 0.717) is 10.3 Å². The molecule has 0 atom stereocenters. The second kappa shape index (κ2) is 5.45. The molecule has 0 radical (unpaired) electrons. The van der Waals surface area contributed by atoms with Crippen molar-refractivity contribution < 1.29 is 4.39 Å². The van der Waals surface area contributed by atoms with Crippen molar-refractivity contribution in [1.29, 1.82) is 0 Å². The Labute approximate surface area is 98.6 Å². The molecule has 1 aromatic heterocycles. The van der Waals surface area contributed by atoms with E-state index in [1.54, 1.807) is 6.20 Å². The number of anilines is 1. The molecule has 0 spiro atoms. The van der Waals surface area contributed by atoms with E-state index in [2.05, 4.69) is 27.8 Å². The van der Waals surface area contributed by atoms with Gasteiger partial charge < -0.3 is 4.90 Å². The number of nitrogens with zero attached hydrogens (tertiary/aromatic N) is 2. The van der Waals surface area contributed by atoms with E-state index in [-0.39, 0.29) is 11.9 Å². The highest BCUT2D eigenvalue weighted by atomic mass is 79.9. The van der Waals surface area contributed by atoms with Gasteiger partial charge in [0.2, 0.25) is 0 Å². The van der Waals surface area contributed by atoms with Crippen molar-refractivity contribution in [2.24, 2.45) is 0 Å². The van der Waals surface area contributed by atoms with E-state index in [0.717, 1.165) is 13.0 Å². The van der Waals surface area contributed by atoms with Crippen molar-refractivity contribution in [3.8, 4) is 0 Å². The average Bonchev–Trinajstić information content (AvgIpc) is 2.15. The highest BCUT2D eigenvalue weighted by Gasteiger charge is 2.15. The van der Waals surface area contributed by atoms with Gasteiger partial charge in [0.25, 0.3) is 0 Å². The van der Waals surface area contributed by atoms with Crippen LogP contribution in [0.4, 0.5) is 10.2 Å². The molecule has 0 saturated heterocycles. The third-order valence-electron chi connectivity index (χ3n) is 2.15. The molecule has 0 saturated carbocycles. The van der Waals surface area contributed by atoms with E-state index in [1.807, 2.05) is 18.7 Å². The van der Waals surface area contributed by atoms with Crippen LogP contribution >= 0.6 is 15.9 Å². The number of pyridine rings is 1. The molecule has 0 aliphatic carbocycles. The van der Waals surface area contributed by atoms with Gasteiger partial charge in [0.1, 0.15) is 0 Å². The van der Waals surface area contributed by atoms with Crippen LogP contribution in [0.5, 0.6) is 0 Å². The van der Waals surface area contributed by atoms with E-state index in [1.165, 1.54) is 6.07 Å². The topological polar surface area (TPSA) is 16.1 Å². The molecule has 84 valence electrons. The molecule has 0 unspecified atom stereocenters. The van der Waals surface area contributed by atoms with Gasteiger partial charge in [0.15, 0.2) is 11.6 Å². The highest BCUT2D eigenvalue weighted by Crippen LogP contribution is 2.21. The zero-order valence-corrected chi connectivity index (χ0v) is 10.9. The first-order valence-corrected chi connectivity index (χ1v) is 5.93. The lowest BCUT2D eigenvalue weighted by atomic mass is 10.2. The van der Waals surface area contributed by atoms with Crippen LogP contribution in [0.1, 0.15) is 27.2 Å². The Kier molecular flexibility index (Phi) is 4.51. The monoisotopic (exact) mass is 274 g/mol. The largest absolute Gasteiger partial charge is 0.352 e. The SMILES string of the molecule is CCCN(c1ncc(Br)cc1F)C(C)C. The van der Waals surface area contributed by atoms with Crippen LogP contribution in [0.2, 0.25) is 0 Å². The maximum Gasteiger partial charge on any atom is 0.166 e. The Balaban J connectivity index is 3.00. The summed E-state index contributed by atoms with van der Waals surface area (Å²) in [5.74, 6) is 0.168. The summed E-state index contributed by atoms with van der Waals surface area (Å²) >= 11 is 3.20. The molecule has 0 fully saturated rings. The second-order valence-corrected chi connectivity index (χ2v) is 4.66. The van der Waals surface area contributed by atoms with Crippen LogP contribution in [0.15, 0.2) is 16.7 Å². The maximum atomic E-state index is 13.7. The molecule has 0 N–H and O–H groups in total. The molecule has 0 amide bonds. The molecule has 2 nitrogen and oxygen atoms in total. The number of aromatic nitrogens is 1. The summed E-state index contributed by atoms with van der Waals surface area (Å²) in [6, 6.07) is 1.71. The Hall–Kier alpha value is -0.640. The maximum absolute atomic E-state index is 13.7. The zero-order valence-electron chi connectivity index (χ0n) is 9.30. The predicted octanol–water partition coefficient (Wildman–Crippen LogP) is 3.61. The standard InChI is InChI=1S/C11H16BrFN2/c1-4-5-15(8(2)3)11-10(13)6-9(12)7-14-11/h6-8H,4-5H2,1-3H3. The van der Waals surface area contributed by atoms with Gasteiger partial charge in [-0.05, 0) is 42.3 Å². The van der Waals surface area contributed by atoms with Crippen LogP contribution in [0, 0.1) is 5.82 Å². The molecule has 15 heavy (non-hydrogen) atoms. The summed E-state index contributed by atoms with van der Waals surface area (Å²) in [5, 5.41) is 0. The number of halogens is 2.